The monoisotopic (exact) mass is 385 g/mol. The first-order valence-electron chi connectivity index (χ1n) is 10.9. The van der Waals surface area contributed by atoms with Gasteiger partial charge >= 0.3 is 0 Å². The van der Waals surface area contributed by atoms with E-state index < -0.39 is 0 Å². The van der Waals surface area contributed by atoms with E-state index in [4.69, 9.17) is 9.47 Å². The van der Waals surface area contributed by atoms with Gasteiger partial charge in [0, 0.05) is 31.8 Å². The van der Waals surface area contributed by atoms with Gasteiger partial charge in [0.05, 0.1) is 0 Å². The summed E-state index contributed by atoms with van der Waals surface area (Å²) in [5.74, 6) is 2.75. The lowest BCUT2D eigenvalue weighted by atomic mass is 9.78. The third-order valence-corrected chi connectivity index (χ3v) is 6.54. The van der Waals surface area contributed by atoms with Gasteiger partial charge in [0.25, 0.3) is 0 Å². The van der Waals surface area contributed by atoms with Gasteiger partial charge in [0.1, 0.15) is 5.78 Å². The summed E-state index contributed by atoms with van der Waals surface area (Å²) in [6.07, 6.45) is 10.4. The number of likely N-dealkylation sites (tertiary alicyclic amines) is 1. The second kappa shape index (κ2) is 8.97. The molecule has 1 aromatic rings. The van der Waals surface area contributed by atoms with Crippen LogP contribution in [0.3, 0.4) is 0 Å². The zero-order valence-electron chi connectivity index (χ0n) is 16.7. The van der Waals surface area contributed by atoms with Crippen molar-refractivity contribution >= 4 is 11.7 Å². The molecule has 152 valence electrons. The van der Waals surface area contributed by atoms with Crippen LogP contribution in [-0.2, 0) is 16.0 Å². The highest BCUT2D eigenvalue weighted by Gasteiger charge is 2.35. The highest BCUT2D eigenvalue weighted by Crippen LogP contribution is 2.36. The summed E-state index contributed by atoms with van der Waals surface area (Å²) in [5.41, 5.74) is 1.09. The first-order valence-corrected chi connectivity index (χ1v) is 10.9. The van der Waals surface area contributed by atoms with Crippen molar-refractivity contribution in [3.63, 3.8) is 0 Å². The highest BCUT2D eigenvalue weighted by molar-refractivity contribution is 5.80. The van der Waals surface area contributed by atoms with Crippen molar-refractivity contribution in [2.45, 2.75) is 76.7 Å². The Morgan fingerprint density at radius 3 is 2.71 bits per heavy atom. The van der Waals surface area contributed by atoms with E-state index in [1.807, 2.05) is 18.2 Å². The van der Waals surface area contributed by atoms with Crippen LogP contribution in [-0.4, -0.2) is 36.0 Å². The van der Waals surface area contributed by atoms with Gasteiger partial charge in [-0.1, -0.05) is 18.9 Å². The van der Waals surface area contributed by atoms with E-state index in [0.717, 1.165) is 35.9 Å². The van der Waals surface area contributed by atoms with E-state index in [1.165, 1.54) is 32.1 Å². The number of fused-ring (bicyclic) bond motifs is 2. The van der Waals surface area contributed by atoms with Crippen molar-refractivity contribution in [2.24, 2.45) is 5.92 Å². The Morgan fingerprint density at radius 2 is 1.79 bits per heavy atom. The molecule has 2 heterocycles. The van der Waals surface area contributed by atoms with E-state index in [-0.39, 0.29) is 18.5 Å². The van der Waals surface area contributed by atoms with Crippen molar-refractivity contribution in [1.29, 1.82) is 0 Å². The molecular weight excluding hydrogens is 354 g/mol. The van der Waals surface area contributed by atoms with Crippen LogP contribution < -0.4 is 9.47 Å². The first-order chi connectivity index (χ1) is 13.7. The molecule has 2 aliphatic heterocycles. The molecule has 28 heavy (non-hydrogen) atoms. The average Bonchev–Trinajstić information content (AvgIpc) is 3.19. The molecule has 1 aliphatic carbocycles. The first kappa shape index (κ1) is 19.3. The minimum absolute atomic E-state index is 0.236. The molecule has 0 radical (unpaired) electrons. The third kappa shape index (κ3) is 4.50. The molecule has 1 aromatic carbocycles. The Bertz CT molecular complexity index is 715. The second-order valence-corrected chi connectivity index (χ2v) is 8.42. The normalized spacial score (nSPS) is 23.4. The molecule has 2 atom stereocenters. The maximum absolute atomic E-state index is 12.7. The van der Waals surface area contributed by atoms with Crippen LogP contribution >= 0.6 is 0 Å². The number of hydrogen-bond donors (Lipinski definition) is 0. The van der Waals surface area contributed by atoms with Gasteiger partial charge < -0.3 is 14.4 Å². The summed E-state index contributed by atoms with van der Waals surface area (Å²) in [4.78, 5) is 27.1. The Hall–Kier alpha value is -2.04. The number of carbonyl (C=O) groups excluding carboxylic acids is 2. The van der Waals surface area contributed by atoms with Gasteiger partial charge in [0.2, 0.25) is 12.7 Å². The fourth-order valence-electron chi connectivity index (χ4n) is 5.02. The number of aryl methyl sites for hydroxylation is 1. The van der Waals surface area contributed by atoms with E-state index in [0.29, 0.717) is 38.1 Å². The number of rotatable bonds is 7. The lowest BCUT2D eigenvalue weighted by Gasteiger charge is -2.44. The summed E-state index contributed by atoms with van der Waals surface area (Å²) >= 11 is 0. The van der Waals surface area contributed by atoms with Crippen molar-refractivity contribution < 1.29 is 19.1 Å². The standard InChI is InChI=1S/C23H31NO4/c25-19(12-10-17-11-13-21-22(15-17)28-16-27-21)7-3-9-23(26)24-14-4-6-18-5-1-2-8-20(18)24/h11,13,15,18,20H,1-10,12,14,16H2. The van der Waals surface area contributed by atoms with Crippen LogP contribution in [0.5, 0.6) is 11.5 Å². The number of carbonyl (C=O) groups is 2. The quantitative estimate of drug-likeness (QED) is 0.703. The van der Waals surface area contributed by atoms with Gasteiger partial charge in [0.15, 0.2) is 11.5 Å². The van der Waals surface area contributed by atoms with Crippen molar-refractivity contribution in [1.82, 2.24) is 4.90 Å². The van der Waals surface area contributed by atoms with Gasteiger partial charge in [-0.05, 0) is 62.1 Å². The largest absolute Gasteiger partial charge is 0.454 e. The Morgan fingerprint density at radius 1 is 0.964 bits per heavy atom. The summed E-state index contributed by atoms with van der Waals surface area (Å²) in [6, 6.07) is 6.31. The number of ketones is 1. The molecule has 4 rings (SSSR count). The number of benzene rings is 1. The molecule has 1 saturated carbocycles. The predicted molar refractivity (Wildman–Crippen MR) is 106 cm³/mol. The number of ether oxygens (including phenoxy) is 2. The molecule has 2 fully saturated rings. The van der Waals surface area contributed by atoms with Crippen molar-refractivity contribution in [3.8, 4) is 11.5 Å². The maximum Gasteiger partial charge on any atom is 0.231 e. The Balaban J connectivity index is 1.18. The second-order valence-electron chi connectivity index (χ2n) is 8.42. The van der Waals surface area contributed by atoms with Crippen molar-refractivity contribution in [3.05, 3.63) is 23.8 Å². The van der Waals surface area contributed by atoms with Crippen LogP contribution in [0.1, 0.15) is 69.8 Å². The van der Waals surface area contributed by atoms with E-state index in [2.05, 4.69) is 4.90 Å². The molecule has 0 bridgehead atoms. The molecule has 0 spiro atoms. The van der Waals surface area contributed by atoms with Crippen LogP contribution in [0.2, 0.25) is 0 Å². The maximum atomic E-state index is 12.7. The lowest BCUT2D eigenvalue weighted by molar-refractivity contribution is -0.137. The fraction of sp³-hybridized carbons (Fsp3) is 0.652. The zero-order chi connectivity index (χ0) is 19.3. The van der Waals surface area contributed by atoms with Crippen LogP contribution in [0.15, 0.2) is 18.2 Å². The van der Waals surface area contributed by atoms with Crippen LogP contribution in [0, 0.1) is 5.92 Å². The molecule has 0 N–H and O–H groups in total. The van der Waals surface area contributed by atoms with Gasteiger partial charge in [-0.2, -0.15) is 0 Å². The van der Waals surface area contributed by atoms with Gasteiger partial charge in [-0.25, -0.2) is 0 Å². The smallest absolute Gasteiger partial charge is 0.231 e. The molecule has 2 unspecified atom stereocenters. The molecule has 5 nitrogen and oxygen atoms in total. The minimum Gasteiger partial charge on any atom is -0.454 e. The van der Waals surface area contributed by atoms with Crippen LogP contribution in [0.4, 0.5) is 0 Å². The summed E-state index contributed by atoms with van der Waals surface area (Å²) in [6.45, 7) is 1.18. The van der Waals surface area contributed by atoms with Gasteiger partial charge in [-0.3, -0.25) is 9.59 Å². The molecule has 3 aliphatic rings. The molecule has 1 amide bonds. The van der Waals surface area contributed by atoms with Crippen molar-refractivity contribution in [2.75, 3.05) is 13.3 Å². The van der Waals surface area contributed by atoms with Crippen LogP contribution in [0.25, 0.3) is 0 Å². The third-order valence-electron chi connectivity index (χ3n) is 6.54. The van der Waals surface area contributed by atoms with Gasteiger partial charge in [-0.15, -0.1) is 0 Å². The zero-order valence-corrected chi connectivity index (χ0v) is 16.7. The molecular formula is C23H31NO4. The molecule has 0 aromatic heterocycles. The summed E-state index contributed by atoms with van der Waals surface area (Å²) < 4.78 is 10.7. The summed E-state index contributed by atoms with van der Waals surface area (Å²) in [5, 5.41) is 0. The Labute approximate surface area is 167 Å². The SMILES string of the molecule is O=C(CCCC(=O)N1CCCC2CCCCC21)CCc1ccc2c(c1)OCO2. The number of piperidine rings is 1. The van der Waals surface area contributed by atoms with E-state index in [1.54, 1.807) is 0 Å². The number of hydrogen-bond acceptors (Lipinski definition) is 4. The van der Waals surface area contributed by atoms with E-state index >= 15 is 0 Å². The molecule has 5 heteroatoms. The predicted octanol–water partition coefficient (Wildman–Crippen LogP) is 4.27. The minimum atomic E-state index is 0.236. The number of nitrogens with zero attached hydrogens (tertiary/aromatic N) is 1. The topological polar surface area (TPSA) is 55.8 Å². The highest BCUT2D eigenvalue weighted by atomic mass is 16.7. The van der Waals surface area contributed by atoms with E-state index in [9.17, 15) is 9.59 Å². The average molecular weight is 386 g/mol. The molecule has 1 saturated heterocycles. The number of amides is 1. The summed E-state index contributed by atoms with van der Waals surface area (Å²) in [7, 11) is 0. The number of Topliss-reactive ketones (excluding diaryl/α,β-unsaturated/α-hetero) is 1. The fourth-order valence-corrected chi connectivity index (χ4v) is 5.02. The lowest BCUT2D eigenvalue weighted by Crippen LogP contribution is -2.49. The Kier molecular flexibility index (Phi) is 6.18.